The zero-order chi connectivity index (χ0) is 19.5. The number of carbonyl (C=O) groups excluding carboxylic acids is 1. The summed E-state index contributed by atoms with van der Waals surface area (Å²) in [5, 5.41) is 7.43. The third kappa shape index (κ3) is 4.37. The zero-order valence-electron chi connectivity index (χ0n) is 16.4. The zero-order valence-corrected chi connectivity index (χ0v) is 17.3. The minimum absolute atomic E-state index is 0.0825. The van der Waals surface area contributed by atoms with Gasteiger partial charge in [0.15, 0.2) is 0 Å². The van der Waals surface area contributed by atoms with Crippen LogP contribution in [-0.4, -0.2) is 36.6 Å². The lowest BCUT2D eigenvalue weighted by molar-refractivity contribution is 0.202. The Kier molecular flexibility index (Phi) is 5.64. The van der Waals surface area contributed by atoms with Gasteiger partial charge in [-0.25, -0.2) is 4.79 Å². The van der Waals surface area contributed by atoms with Gasteiger partial charge >= 0.3 is 6.03 Å². The lowest BCUT2D eigenvalue weighted by atomic mass is 9.94. The molecule has 0 bridgehead atoms. The molecule has 0 saturated carbocycles. The number of hydrogen-bond donors (Lipinski definition) is 2. The fraction of sp³-hybridized carbons (Fsp3) is 0.348. The van der Waals surface area contributed by atoms with E-state index in [2.05, 4.69) is 84.1 Å². The van der Waals surface area contributed by atoms with E-state index < -0.39 is 0 Å². The number of rotatable bonds is 5. The van der Waals surface area contributed by atoms with Crippen molar-refractivity contribution in [2.45, 2.75) is 38.4 Å². The number of nitrogens with one attached hydrogen (secondary N) is 2. The Hall–Kier alpha value is -2.37. The quantitative estimate of drug-likeness (QED) is 0.683. The summed E-state index contributed by atoms with van der Waals surface area (Å²) in [4.78, 5) is 16.0. The van der Waals surface area contributed by atoms with Crippen LogP contribution in [0.25, 0.3) is 10.1 Å². The summed E-state index contributed by atoms with van der Waals surface area (Å²) in [7, 11) is 2.13. The van der Waals surface area contributed by atoms with Crippen molar-refractivity contribution in [2.75, 3.05) is 13.6 Å². The highest BCUT2D eigenvalue weighted by Crippen LogP contribution is 2.26. The number of fused-ring (bicyclic) bond motifs is 2. The highest BCUT2D eigenvalue weighted by molar-refractivity contribution is 7.19. The minimum atomic E-state index is -0.0825. The van der Waals surface area contributed by atoms with Crippen molar-refractivity contribution >= 4 is 27.5 Å². The molecule has 0 spiro atoms. The molecule has 1 aliphatic heterocycles. The van der Waals surface area contributed by atoms with Gasteiger partial charge in [-0.1, -0.05) is 42.5 Å². The molecule has 3 aromatic rings. The van der Waals surface area contributed by atoms with Crippen LogP contribution < -0.4 is 10.6 Å². The van der Waals surface area contributed by atoms with Crippen molar-refractivity contribution in [3.05, 3.63) is 70.6 Å². The number of urea groups is 1. The SMILES string of the molecule is CC(Cc1cc2ccccc2s1)NC(=O)NCC1Cc2ccccc2CN1C. The first-order chi connectivity index (χ1) is 13.6. The van der Waals surface area contributed by atoms with Crippen molar-refractivity contribution < 1.29 is 4.79 Å². The number of carbonyl (C=O) groups is 1. The third-order valence-electron chi connectivity index (χ3n) is 5.48. The van der Waals surface area contributed by atoms with Crippen LogP contribution in [0.2, 0.25) is 0 Å². The highest BCUT2D eigenvalue weighted by Gasteiger charge is 2.23. The molecule has 5 heteroatoms. The lowest BCUT2D eigenvalue weighted by Gasteiger charge is -2.34. The van der Waals surface area contributed by atoms with Gasteiger partial charge in [-0.3, -0.25) is 4.90 Å². The van der Waals surface area contributed by atoms with E-state index >= 15 is 0 Å². The molecule has 2 amide bonds. The fourth-order valence-corrected chi connectivity index (χ4v) is 5.12. The van der Waals surface area contributed by atoms with Crippen LogP contribution in [0, 0.1) is 0 Å². The second kappa shape index (κ2) is 8.33. The molecule has 0 saturated heterocycles. The van der Waals surface area contributed by atoms with E-state index in [4.69, 9.17) is 0 Å². The van der Waals surface area contributed by atoms with E-state index in [1.165, 1.54) is 26.1 Å². The minimum Gasteiger partial charge on any atom is -0.337 e. The average molecular weight is 394 g/mol. The molecule has 1 aromatic heterocycles. The van der Waals surface area contributed by atoms with E-state index in [1.807, 2.05) is 0 Å². The maximum atomic E-state index is 12.4. The highest BCUT2D eigenvalue weighted by atomic mass is 32.1. The van der Waals surface area contributed by atoms with Gasteiger partial charge in [-0.2, -0.15) is 0 Å². The predicted octanol–water partition coefficient (Wildman–Crippen LogP) is 4.19. The Morgan fingerprint density at radius 1 is 1.18 bits per heavy atom. The molecule has 2 atom stereocenters. The van der Waals surface area contributed by atoms with Crippen molar-refractivity contribution in [1.29, 1.82) is 0 Å². The topological polar surface area (TPSA) is 44.4 Å². The first kappa shape index (κ1) is 19.0. The first-order valence-corrected chi connectivity index (χ1v) is 10.7. The summed E-state index contributed by atoms with van der Waals surface area (Å²) >= 11 is 1.80. The van der Waals surface area contributed by atoms with E-state index in [9.17, 15) is 4.79 Å². The normalized spacial score (nSPS) is 17.9. The lowest BCUT2D eigenvalue weighted by Crippen LogP contribution is -2.49. The fourth-order valence-electron chi connectivity index (χ4n) is 3.92. The number of benzene rings is 2. The second-order valence-electron chi connectivity index (χ2n) is 7.75. The Balaban J connectivity index is 1.27. The Labute approximate surface area is 170 Å². The van der Waals surface area contributed by atoms with E-state index in [1.54, 1.807) is 11.3 Å². The first-order valence-electron chi connectivity index (χ1n) is 9.87. The van der Waals surface area contributed by atoms with Gasteiger partial charge in [0.25, 0.3) is 0 Å². The molecule has 2 heterocycles. The molecule has 2 N–H and O–H groups in total. The molecule has 4 rings (SSSR count). The van der Waals surface area contributed by atoms with Crippen molar-refractivity contribution in [3.63, 3.8) is 0 Å². The van der Waals surface area contributed by atoms with Crippen LogP contribution in [-0.2, 0) is 19.4 Å². The largest absolute Gasteiger partial charge is 0.337 e. The number of thiophene rings is 1. The maximum absolute atomic E-state index is 12.4. The molecular formula is C23H27N3OS. The standard InChI is InChI=1S/C23H27N3OS/c1-16(11-21-13-18-8-5-6-10-22(18)28-21)25-23(27)24-14-20-12-17-7-3-4-9-19(17)15-26(20)2/h3-10,13,16,20H,11-12,14-15H2,1-2H3,(H2,24,25,27). The number of nitrogens with zero attached hydrogens (tertiary/aromatic N) is 1. The molecule has 0 fully saturated rings. The third-order valence-corrected chi connectivity index (χ3v) is 6.62. The van der Waals surface area contributed by atoms with E-state index in [0.29, 0.717) is 12.6 Å². The summed E-state index contributed by atoms with van der Waals surface area (Å²) in [5.74, 6) is 0. The number of hydrogen-bond acceptors (Lipinski definition) is 3. The number of likely N-dealkylation sites (N-methyl/N-ethyl adjacent to an activating group) is 1. The molecule has 4 nitrogen and oxygen atoms in total. The summed E-state index contributed by atoms with van der Waals surface area (Å²) in [6, 6.07) is 19.6. The van der Waals surface area contributed by atoms with Gasteiger partial charge in [0.1, 0.15) is 0 Å². The summed E-state index contributed by atoms with van der Waals surface area (Å²) < 4.78 is 1.30. The van der Waals surface area contributed by atoms with Crippen molar-refractivity contribution in [1.82, 2.24) is 15.5 Å². The molecule has 2 aromatic carbocycles. The molecule has 1 aliphatic rings. The van der Waals surface area contributed by atoms with Crippen LogP contribution in [0.5, 0.6) is 0 Å². The number of amides is 2. The molecule has 2 unspecified atom stereocenters. The predicted molar refractivity (Wildman–Crippen MR) is 117 cm³/mol. The summed E-state index contributed by atoms with van der Waals surface area (Å²) in [5.41, 5.74) is 2.79. The smallest absolute Gasteiger partial charge is 0.315 e. The van der Waals surface area contributed by atoms with Gasteiger partial charge < -0.3 is 10.6 Å². The van der Waals surface area contributed by atoms with Crippen molar-refractivity contribution in [2.24, 2.45) is 0 Å². The van der Waals surface area contributed by atoms with Crippen LogP contribution >= 0.6 is 11.3 Å². The van der Waals surface area contributed by atoms with Crippen LogP contribution in [0.15, 0.2) is 54.6 Å². The Morgan fingerprint density at radius 2 is 1.93 bits per heavy atom. The van der Waals surface area contributed by atoms with Gasteiger partial charge in [-0.15, -0.1) is 11.3 Å². The van der Waals surface area contributed by atoms with Gasteiger partial charge in [0, 0.05) is 41.2 Å². The Morgan fingerprint density at radius 3 is 2.75 bits per heavy atom. The van der Waals surface area contributed by atoms with Gasteiger partial charge in [0.05, 0.1) is 0 Å². The molecule has 146 valence electrons. The van der Waals surface area contributed by atoms with Crippen LogP contribution in [0.3, 0.4) is 0 Å². The van der Waals surface area contributed by atoms with Gasteiger partial charge in [-0.05, 0) is 49.0 Å². The molecule has 28 heavy (non-hydrogen) atoms. The van der Waals surface area contributed by atoms with Crippen LogP contribution in [0.1, 0.15) is 22.9 Å². The summed E-state index contributed by atoms with van der Waals surface area (Å²) in [6.45, 7) is 3.66. The van der Waals surface area contributed by atoms with Crippen LogP contribution in [0.4, 0.5) is 4.79 Å². The molecule has 0 radical (unpaired) electrons. The second-order valence-corrected chi connectivity index (χ2v) is 8.92. The summed E-state index contributed by atoms with van der Waals surface area (Å²) in [6.07, 6.45) is 1.83. The maximum Gasteiger partial charge on any atom is 0.315 e. The average Bonchev–Trinajstić information content (AvgIpc) is 3.08. The van der Waals surface area contributed by atoms with Gasteiger partial charge in [0.2, 0.25) is 0 Å². The Bertz CT molecular complexity index is 934. The molecule has 0 aliphatic carbocycles. The van der Waals surface area contributed by atoms with E-state index in [0.717, 1.165) is 19.4 Å². The molecular weight excluding hydrogens is 366 g/mol. The van der Waals surface area contributed by atoms with E-state index in [-0.39, 0.29) is 12.1 Å². The van der Waals surface area contributed by atoms with Crippen molar-refractivity contribution in [3.8, 4) is 0 Å². The monoisotopic (exact) mass is 393 g/mol.